The van der Waals surface area contributed by atoms with Crippen LogP contribution in [0.2, 0.25) is 0 Å². The summed E-state index contributed by atoms with van der Waals surface area (Å²) in [6, 6.07) is 2.90. The third kappa shape index (κ3) is 8.94. The Balaban J connectivity index is 2.16. The molecular weight excluding hydrogens is 494 g/mol. The summed E-state index contributed by atoms with van der Waals surface area (Å²) in [5.74, 6) is -1.82. The van der Waals surface area contributed by atoms with Crippen molar-refractivity contribution in [1.82, 2.24) is 25.7 Å². The van der Waals surface area contributed by atoms with E-state index in [9.17, 15) is 24.3 Å². The number of ether oxygens (including phenoxy) is 1. The van der Waals surface area contributed by atoms with E-state index in [1.165, 1.54) is 7.11 Å². The van der Waals surface area contributed by atoms with Gasteiger partial charge in [-0.15, -0.1) is 0 Å². The van der Waals surface area contributed by atoms with Crippen LogP contribution in [0.3, 0.4) is 0 Å². The zero-order chi connectivity index (χ0) is 28.4. The number of carbonyl (C=O) groups excluding carboxylic acids is 3. The maximum absolute atomic E-state index is 13.1. The fraction of sp³-hybridized carbons (Fsp3) is 0.538. The Bertz CT molecular complexity index is 1130. The fourth-order valence-electron chi connectivity index (χ4n) is 3.91. The minimum absolute atomic E-state index is 0.000473. The van der Waals surface area contributed by atoms with Crippen molar-refractivity contribution in [3.05, 3.63) is 29.6 Å². The van der Waals surface area contributed by atoms with Crippen LogP contribution < -0.4 is 15.4 Å². The van der Waals surface area contributed by atoms with Gasteiger partial charge in [-0.1, -0.05) is 25.9 Å². The molecule has 12 nitrogen and oxygen atoms in total. The van der Waals surface area contributed by atoms with Gasteiger partial charge in [-0.3, -0.25) is 24.1 Å². The second-order valence-electron chi connectivity index (χ2n) is 9.50. The number of nitrogens with one attached hydrogen (secondary N) is 2. The number of hydrogen-bond donors (Lipinski definition) is 3. The first-order valence-electron chi connectivity index (χ1n) is 12.5. The number of rotatable bonds is 15. The third-order valence-corrected chi connectivity index (χ3v) is 5.79. The average Bonchev–Trinajstić information content (AvgIpc) is 3.27. The summed E-state index contributed by atoms with van der Waals surface area (Å²) < 4.78 is 10.6. The predicted octanol–water partition coefficient (Wildman–Crippen LogP) is 1.61. The van der Waals surface area contributed by atoms with E-state index in [-0.39, 0.29) is 18.9 Å². The van der Waals surface area contributed by atoms with Crippen LogP contribution in [0.1, 0.15) is 45.0 Å². The van der Waals surface area contributed by atoms with Crippen LogP contribution in [0.15, 0.2) is 22.7 Å². The highest BCUT2D eigenvalue weighted by atomic mass is 16.5. The first-order chi connectivity index (χ1) is 17.9. The number of aryl methyl sites for hydroxylation is 1. The zero-order valence-corrected chi connectivity index (χ0v) is 22.7. The molecule has 0 radical (unpaired) electrons. The van der Waals surface area contributed by atoms with Crippen molar-refractivity contribution in [2.75, 3.05) is 27.2 Å². The molecule has 0 aliphatic rings. The topological polar surface area (TPSA) is 164 Å². The van der Waals surface area contributed by atoms with E-state index in [1.807, 2.05) is 6.92 Å². The van der Waals surface area contributed by atoms with Crippen molar-refractivity contribution >= 4 is 23.6 Å². The monoisotopic (exact) mass is 531 g/mol. The Hall–Kier alpha value is -3.80. The van der Waals surface area contributed by atoms with E-state index in [0.717, 1.165) is 6.42 Å². The lowest BCUT2D eigenvalue weighted by Crippen LogP contribution is -2.55. The lowest BCUT2D eigenvalue weighted by atomic mass is 10.0. The zero-order valence-electron chi connectivity index (χ0n) is 22.7. The van der Waals surface area contributed by atoms with Crippen molar-refractivity contribution in [2.24, 2.45) is 5.92 Å². The summed E-state index contributed by atoms with van der Waals surface area (Å²) in [6.07, 6.45) is 0.159. The van der Waals surface area contributed by atoms with Crippen molar-refractivity contribution < 1.29 is 33.5 Å². The van der Waals surface area contributed by atoms with Crippen molar-refractivity contribution in [3.8, 4) is 17.2 Å². The first-order valence-corrected chi connectivity index (χ1v) is 12.5. The summed E-state index contributed by atoms with van der Waals surface area (Å²) >= 11 is 0. The summed E-state index contributed by atoms with van der Waals surface area (Å²) in [4.78, 5) is 56.2. The molecule has 0 saturated heterocycles. The number of hydrogen-bond acceptors (Lipinski definition) is 9. The predicted molar refractivity (Wildman–Crippen MR) is 138 cm³/mol. The van der Waals surface area contributed by atoms with Gasteiger partial charge >= 0.3 is 5.97 Å². The molecule has 1 aromatic heterocycles. The molecule has 1 unspecified atom stereocenters. The summed E-state index contributed by atoms with van der Waals surface area (Å²) in [7, 11) is 3.23. The van der Waals surface area contributed by atoms with Gasteiger partial charge in [-0.05, 0) is 51.1 Å². The highest BCUT2D eigenvalue weighted by molar-refractivity contribution is 5.95. The SMILES string of the molecule is CCCN(C)CC(=O)C(CC(=O)O)NC(=O)[C@@H](NC(=O)Cc1cc(-c2nc(C)no2)ccc1OC)C(C)C. The lowest BCUT2D eigenvalue weighted by Gasteiger charge is -2.25. The van der Waals surface area contributed by atoms with Crippen LogP contribution in [0, 0.1) is 12.8 Å². The number of carboxylic acids is 1. The van der Waals surface area contributed by atoms with Crippen LogP contribution in [-0.2, 0) is 25.6 Å². The van der Waals surface area contributed by atoms with Gasteiger partial charge in [0.05, 0.1) is 32.5 Å². The van der Waals surface area contributed by atoms with Gasteiger partial charge < -0.3 is 25.0 Å². The van der Waals surface area contributed by atoms with Crippen LogP contribution in [0.4, 0.5) is 0 Å². The number of methoxy groups -OCH3 is 1. The van der Waals surface area contributed by atoms with Gasteiger partial charge in [0, 0.05) is 11.1 Å². The number of nitrogens with zero attached hydrogens (tertiary/aromatic N) is 3. The summed E-state index contributed by atoms with van der Waals surface area (Å²) in [5, 5.41) is 18.3. The molecule has 3 N–H and O–H groups in total. The van der Waals surface area contributed by atoms with Crippen molar-refractivity contribution in [2.45, 2.75) is 59.0 Å². The van der Waals surface area contributed by atoms with E-state index in [2.05, 4.69) is 20.8 Å². The Morgan fingerprint density at radius 3 is 2.45 bits per heavy atom. The number of aromatic nitrogens is 2. The number of Topliss-reactive ketones (excluding diaryl/α,β-unsaturated/α-hetero) is 1. The van der Waals surface area contributed by atoms with E-state index < -0.39 is 42.1 Å². The molecule has 2 atom stereocenters. The van der Waals surface area contributed by atoms with Gasteiger partial charge in [0.2, 0.25) is 11.8 Å². The minimum Gasteiger partial charge on any atom is -0.496 e. The van der Waals surface area contributed by atoms with Gasteiger partial charge in [0.15, 0.2) is 11.6 Å². The van der Waals surface area contributed by atoms with Crippen LogP contribution in [-0.4, -0.2) is 83.0 Å². The highest BCUT2D eigenvalue weighted by Crippen LogP contribution is 2.26. The van der Waals surface area contributed by atoms with Gasteiger partial charge in [-0.2, -0.15) is 4.98 Å². The van der Waals surface area contributed by atoms with E-state index in [0.29, 0.717) is 35.1 Å². The van der Waals surface area contributed by atoms with Gasteiger partial charge in [0.25, 0.3) is 5.89 Å². The second-order valence-corrected chi connectivity index (χ2v) is 9.50. The minimum atomic E-state index is -1.22. The number of carbonyl (C=O) groups is 4. The Morgan fingerprint density at radius 1 is 1.18 bits per heavy atom. The molecule has 38 heavy (non-hydrogen) atoms. The largest absolute Gasteiger partial charge is 0.496 e. The van der Waals surface area contributed by atoms with Gasteiger partial charge in [-0.25, -0.2) is 0 Å². The molecule has 1 aromatic carbocycles. The second kappa shape index (κ2) is 14.2. The molecule has 2 amide bonds. The molecule has 12 heteroatoms. The number of amides is 2. The average molecular weight is 532 g/mol. The van der Waals surface area contributed by atoms with Crippen LogP contribution in [0.25, 0.3) is 11.5 Å². The number of aliphatic carboxylic acids is 1. The van der Waals surface area contributed by atoms with E-state index in [4.69, 9.17) is 9.26 Å². The van der Waals surface area contributed by atoms with Gasteiger partial charge in [0.1, 0.15) is 11.8 Å². The van der Waals surface area contributed by atoms with Crippen LogP contribution in [0.5, 0.6) is 5.75 Å². The summed E-state index contributed by atoms with van der Waals surface area (Å²) in [5.41, 5.74) is 1.15. The molecule has 208 valence electrons. The Labute approximate surface area is 222 Å². The maximum Gasteiger partial charge on any atom is 0.305 e. The van der Waals surface area contributed by atoms with Crippen LogP contribution >= 0.6 is 0 Å². The molecule has 0 spiro atoms. The molecule has 0 aliphatic carbocycles. The smallest absolute Gasteiger partial charge is 0.305 e. The number of benzene rings is 1. The van der Waals surface area contributed by atoms with Crippen molar-refractivity contribution in [3.63, 3.8) is 0 Å². The molecule has 2 rings (SSSR count). The molecular formula is C26H37N5O7. The standard InChI is InChI=1S/C26H37N5O7/c1-7-10-31(5)14-20(32)19(13-23(34)35)28-25(36)24(15(2)3)29-22(33)12-18-11-17(8-9-21(18)37-6)26-27-16(4)30-38-26/h8-9,11,15,19,24H,7,10,12-14H2,1-6H3,(H,28,36)(H,29,33)(H,34,35)/t19?,24-/m0/s1. The molecule has 0 bridgehead atoms. The van der Waals surface area contributed by atoms with E-state index in [1.54, 1.807) is 50.9 Å². The molecule has 0 fully saturated rings. The molecule has 0 saturated carbocycles. The lowest BCUT2D eigenvalue weighted by molar-refractivity contribution is -0.141. The fourth-order valence-corrected chi connectivity index (χ4v) is 3.91. The van der Waals surface area contributed by atoms with E-state index >= 15 is 0 Å². The Kier molecular flexibility index (Phi) is 11.4. The molecule has 0 aliphatic heterocycles. The number of carboxylic acid groups (broad SMARTS) is 1. The number of ketones is 1. The number of likely N-dealkylation sites (N-methyl/N-ethyl adjacent to an activating group) is 1. The maximum atomic E-state index is 13.1. The summed E-state index contributed by atoms with van der Waals surface area (Å²) in [6.45, 7) is 7.80. The highest BCUT2D eigenvalue weighted by Gasteiger charge is 2.30. The molecule has 1 heterocycles. The third-order valence-electron chi connectivity index (χ3n) is 5.79. The Morgan fingerprint density at radius 2 is 1.89 bits per heavy atom. The first kappa shape index (κ1) is 30.4. The molecule has 2 aromatic rings. The van der Waals surface area contributed by atoms with Crippen molar-refractivity contribution in [1.29, 1.82) is 0 Å². The normalized spacial score (nSPS) is 12.7. The quantitative estimate of drug-likeness (QED) is 0.307.